The average molecular weight is 489 g/mol. The normalized spacial score (nSPS) is 12.3. The highest BCUT2D eigenvalue weighted by molar-refractivity contribution is 7.91. The van der Waals surface area contributed by atoms with E-state index in [-0.39, 0.29) is 22.9 Å². The molecule has 1 aromatic heterocycles. The van der Waals surface area contributed by atoms with Crippen molar-refractivity contribution in [1.82, 2.24) is 10.3 Å². The minimum Gasteiger partial charge on any atom is -0.354 e. The van der Waals surface area contributed by atoms with Crippen LogP contribution in [0.3, 0.4) is 0 Å². The van der Waals surface area contributed by atoms with Crippen molar-refractivity contribution in [3.8, 4) is 0 Å². The van der Waals surface area contributed by atoms with E-state index in [1.54, 1.807) is 18.3 Å². The van der Waals surface area contributed by atoms with E-state index in [2.05, 4.69) is 10.3 Å². The Morgan fingerprint density at radius 3 is 2.03 bits per heavy atom. The number of aryl methyl sites for hydroxylation is 1. The summed E-state index contributed by atoms with van der Waals surface area (Å²) in [7, 11) is -3.97. The zero-order valence-corrected chi connectivity index (χ0v) is 20.0. The number of sulfone groups is 1. The van der Waals surface area contributed by atoms with Gasteiger partial charge in [0.05, 0.1) is 10.8 Å². The van der Waals surface area contributed by atoms with Crippen LogP contribution in [0.4, 0.5) is 4.39 Å². The average Bonchev–Trinajstić information content (AvgIpc) is 2.88. The number of aromatic nitrogens is 1. The van der Waals surface area contributed by atoms with E-state index in [0.717, 1.165) is 17.2 Å². The molecule has 5 nitrogen and oxygen atoms in total. The molecule has 0 bridgehead atoms. The van der Waals surface area contributed by atoms with E-state index in [1.807, 2.05) is 60.7 Å². The van der Waals surface area contributed by atoms with Gasteiger partial charge in [-0.15, -0.1) is 0 Å². The number of carbonyl (C=O) groups is 1. The second kappa shape index (κ2) is 10.6. The smallest absolute Gasteiger partial charge is 0.232 e. The molecular weight excluding hydrogens is 463 g/mol. The summed E-state index contributed by atoms with van der Waals surface area (Å²) in [4.78, 5) is 17.5. The van der Waals surface area contributed by atoms with Crippen LogP contribution in [0.1, 0.15) is 33.4 Å². The van der Waals surface area contributed by atoms with Gasteiger partial charge in [0.1, 0.15) is 11.1 Å². The molecule has 0 radical (unpaired) electrons. The summed E-state index contributed by atoms with van der Waals surface area (Å²) in [5.74, 6) is -1.41. The molecular formula is C28H25FN2O3S. The Labute approximate surface area is 204 Å². The Morgan fingerprint density at radius 2 is 1.49 bits per heavy atom. The monoisotopic (exact) mass is 488 g/mol. The molecule has 0 saturated carbocycles. The number of benzene rings is 3. The first kappa shape index (κ1) is 24.3. The fourth-order valence-corrected chi connectivity index (χ4v) is 5.74. The fraction of sp³-hybridized carbons (Fsp3) is 0.143. The van der Waals surface area contributed by atoms with E-state index in [4.69, 9.17) is 0 Å². The lowest BCUT2D eigenvalue weighted by atomic mass is 9.90. The molecule has 1 unspecified atom stereocenters. The van der Waals surface area contributed by atoms with Crippen LogP contribution in [-0.2, 0) is 14.6 Å². The van der Waals surface area contributed by atoms with Gasteiger partial charge in [-0.2, -0.15) is 0 Å². The lowest BCUT2D eigenvalue weighted by Crippen LogP contribution is -2.35. The van der Waals surface area contributed by atoms with Crippen molar-refractivity contribution >= 4 is 15.7 Å². The summed E-state index contributed by atoms with van der Waals surface area (Å²) in [6, 6.07) is 25.7. The summed E-state index contributed by atoms with van der Waals surface area (Å²) in [6.07, 6.45) is 3.02. The standard InChI is InChI=1S/C28H25FN2O3S/c1-20-17-24(14-15-25(20)29)35(33,34)26(23-13-8-16-30-18-23)19-31-28(32)27(21-9-4-2-5-10-21)22-11-6-3-7-12-22/h2-18,26-27H,19H2,1H3,(H,31,32). The molecule has 178 valence electrons. The van der Waals surface area contributed by atoms with Crippen LogP contribution < -0.4 is 5.32 Å². The van der Waals surface area contributed by atoms with Crippen molar-refractivity contribution in [2.75, 3.05) is 6.54 Å². The molecule has 0 saturated heterocycles. The van der Waals surface area contributed by atoms with Crippen molar-refractivity contribution < 1.29 is 17.6 Å². The van der Waals surface area contributed by atoms with Gasteiger partial charge in [-0.05, 0) is 53.4 Å². The first-order valence-electron chi connectivity index (χ1n) is 11.2. The maximum atomic E-state index is 13.8. The van der Waals surface area contributed by atoms with Crippen LogP contribution in [-0.4, -0.2) is 25.9 Å². The highest BCUT2D eigenvalue weighted by Crippen LogP contribution is 2.30. The summed E-state index contributed by atoms with van der Waals surface area (Å²) in [5, 5.41) is 1.76. The highest BCUT2D eigenvalue weighted by atomic mass is 32.2. The molecule has 0 spiro atoms. The van der Waals surface area contributed by atoms with E-state index < -0.39 is 26.8 Å². The number of hydrogen-bond acceptors (Lipinski definition) is 4. The molecule has 1 N–H and O–H groups in total. The minimum absolute atomic E-state index is 0.0119. The van der Waals surface area contributed by atoms with Gasteiger partial charge < -0.3 is 5.32 Å². The van der Waals surface area contributed by atoms with Crippen LogP contribution in [0.15, 0.2) is 108 Å². The molecule has 4 aromatic rings. The van der Waals surface area contributed by atoms with Gasteiger partial charge in [0.25, 0.3) is 0 Å². The molecule has 7 heteroatoms. The van der Waals surface area contributed by atoms with Crippen molar-refractivity contribution in [2.45, 2.75) is 23.0 Å². The molecule has 0 fully saturated rings. The van der Waals surface area contributed by atoms with Gasteiger partial charge in [0.15, 0.2) is 9.84 Å². The van der Waals surface area contributed by atoms with Gasteiger partial charge in [-0.3, -0.25) is 9.78 Å². The summed E-state index contributed by atoms with van der Waals surface area (Å²) in [6.45, 7) is 1.35. The van der Waals surface area contributed by atoms with E-state index in [9.17, 15) is 17.6 Å². The molecule has 0 aliphatic carbocycles. The maximum Gasteiger partial charge on any atom is 0.232 e. The van der Waals surface area contributed by atoms with Gasteiger partial charge in [-0.1, -0.05) is 66.7 Å². The van der Waals surface area contributed by atoms with E-state index >= 15 is 0 Å². The number of carbonyl (C=O) groups excluding carboxylic acids is 1. The zero-order chi connectivity index (χ0) is 24.8. The molecule has 4 rings (SSSR count). The Balaban J connectivity index is 1.67. The second-order valence-electron chi connectivity index (χ2n) is 8.23. The predicted octanol–water partition coefficient (Wildman–Crippen LogP) is 4.99. The fourth-order valence-electron chi connectivity index (χ4n) is 4.01. The Morgan fingerprint density at radius 1 is 0.886 bits per heavy atom. The topological polar surface area (TPSA) is 76.1 Å². The Hall–Kier alpha value is -3.84. The van der Waals surface area contributed by atoms with Gasteiger partial charge in [-0.25, -0.2) is 12.8 Å². The first-order valence-corrected chi connectivity index (χ1v) is 12.7. The summed E-state index contributed by atoms with van der Waals surface area (Å²) < 4.78 is 41.0. The zero-order valence-electron chi connectivity index (χ0n) is 19.1. The summed E-state index contributed by atoms with van der Waals surface area (Å²) >= 11 is 0. The van der Waals surface area contributed by atoms with Gasteiger partial charge in [0.2, 0.25) is 5.91 Å². The SMILES string of the molecule is Cc1cc(S(=O)(=O)C(CNC(=O)C(c2ccccc2)c2ccccc2)c2cccnc2)ccc1F. The van der Waals surface area contributed by atoms with Crippen LogP contribution in [0.25, 0.3) is 0 Å². The van der Waals surface area contributed by atoms with Crippen molar-refractivity contribution in [2.24, 2.45) is 0 Å². The molecule has 1 atom stereocenters. The largest absolute Gasteiger partial charge is 0.354 e. The van der Waals surface area contributed by atoms with Crippen LogP contribution in [0.2, 0.25) is 0 Å². The lowest BCUT2D eigenvalue weighted by Gasteiger charge is -2.22. The Bertz CT molecular complexity index is 1360. The third-order valence-electron chi connectivity index (χ3n) is 5.88. The van der Waals surface area contributed by atoms with Crippen molar-refractivity contribution in [3.05, 3.63) is 131 Å². The number of rotatable bonds is 8. The van der Waals surface area contributed by atoms with Crippen molar-refractivity contribution in [3.63, 3.8) is 0 Å². The number of halogens is 1. The molecule has 0 aliphatic heterocycles. The van der Waals surface area contributed by atoms with Crippen LogP contribution in [0, 0.1) is 12.7 Å². The van der Waals surface area contributed by atoms with Crippen LogP contribution in [0.5, 0.6) is 0 Å². The molecule has 1 heterocycles. The third-order valence-corrected chi connectivity index (χ3v) is 7.98. The van der Waals surface area contributed by atoms with E-state index in [0.29, 0.717) is 5.56 Å². The lowest BCUT2D eigenvalue weighted by molar-refractivity contribution is -0.121. The first-order chi connectivity index (χ1) is 16.9. The highest BCUT2D eigenvalue weighted by Gasteiger charge is 2.32. The summed E-state index contributed by atoms with van der Waals surface area (Å²) in [5.41, 5.74) is 2.26. The van der Waals surface area contributed by atoms with E-state index in [1.165, 1.54) is 25.3 Å². The van der Waals surface area contributed by atoms with Crippen LogP contribution >= 0.6 is 0 Å². The molecule has 35 heavy (non-hydrogen) atoms. The maximum absolute atomic E-state index is 13.8. The Kier molecular flexibility index (Phi) is 7.36. The number of hydrogen-bond donors (Lipinski definition) is 1. The number of amides is 1. The third kappa shape index (κ3) is 5.46. The molecule has 3 aromatic carbocycles. The molecule has 0 aliphatic rings. The number of pyridine rings is 1. The molecule has 1 amide bonds. The quantitative estimate of drug-likeness (QED) is 0.355. The minimum atomic E-state index is -3.97. The van der Waals surface area contributed by atoms with Gasteiger partial charge in [0, 0.05) is 18.9 Å². The van der Waals surface area contributed by atoms with Gasteiger partial charge >= 0.3 is 0 Å². The number of nitrogens with one attached hydrogen (secondary N) is 1. The number of nitrogens with zero attached hydrogens (tertiary/aromatic N) is 1. The van der Waals surface area contributed by atoms with Crippen molar-refractivity contribution in [1.29, 1.82) is 0 Å². The second-order valence-corrected chi connectivity index (χ2v) is 10.4. The predicted molar refractivity (Wildman–Crippen MR) is 133 cm³/mol.